The quantitative estimate of drug-likeness (QED) is 0.275. The fourth-order valence-corrected chi connectivity index (χ4v) is 5.29. The van der Waals surface area contributed by atoms with Crippen molar-refractivity contribution in [1.29, 1.82) is 0 Å². The lowest BCUT2D eigenvalue weighted by atomic mass is 10.1. The third-order valence-electron chi connectivity index (χ3n) is 7.63. The number of aromatic nitrogens is 4. The molecular formula is C27H40N8O3. The number of aliphatic hydroxyl groups excluding tert-OH is 2. The fourth-order valence-electron chi connectivity index (χ4n) is 5.29. The van der Waals surface area contributed by atoms with E-state index < -0.39 is 0 Å². The van der Waals surface area contributed by atoms with Crippen molar-refractivity contribution in [2.24, 2.45) is 5.92 Å². The summed E-state index contributed by atoms with van der Waals surface area (Å²) in [6, 6.07) is 6.38. The summed E-state index contributed by atoms with van der Waals surface area (Å²) in [4.78, 5) is 13.7. The van der Waals surface area contributed by atoms with Gasteiger partial charge in [-0.3, -0.25) is 14.5 Å². The second-order valence-corrected chi connectivity index (χ2v) is 10.5. The molecule has 3 aromatic rings. The Balaban J connectivity index is 1.31. The molecule has 1 aromatic carbocycles. The van der Waals surface area contributed by atoms with Crippen molar-refractivity contribution in [3.05, 3.63) is 35.0 Å². The van der Waals surface area contributed by atoms with Crippen LogP contribution >= 0.6 is 0 Å². The second kappa shape index (κ2) is 11.8. The van der Waals surface area contributed by atoms with Crippen molar-refractivity contribution in [2.45, 2.75) is 45.4 Å². The first-order chi connectivity index (χ1) is 18.4. The van der Waals surface area contributed by atoms with Gasteiger partial charge in [0.25, 0.3) is 0 Å². The SMILES string of the molecule is COc1cc(CN2CCN(CCO)CC2)ccc1Cn1nc(C)c2nc(N)nc(NCC[C@H](O)C3CC3)c21. The van der Waals surface area contributed by atoms with Crippen LogP contribution in [-0.2, 0) is 13.1 Å². The molecule has 5 rings (SSSR count). The Morgan fingerprint density at radius 2 is 1.89 bits per heavy atom. The molecule has 3 heterocycles. The number of rotatable bonds is 12. The number of nitrogens with zero attached hydrogens (tertiary/aromatic N) is 6. The van der Waals surface area contributed by atoms with Gasteiger partial charge in [0.1, 0.15) is 16.8 Å². The molecule has 1 aliphatic carbocycles. The van der Waals surface area contributed by atoms with Crippen LogP contribution in [0.3, 0.4) is 0 Å². The Morgan fingerprint density at radius 3 is 2.61 bits per heavy atom. The van der Waals surface area contributed by atoms with E-state index in [0.29, 0.717) is 31.2 Å². The molecule has 5 N–H and O–H groups in total. The van der Waals surface area contributed by atoms with Crippen LogP contribution in [0.1, 0.15) is 36.1 Å². The van der Waals surface area contributed by atoms with Gasteiger partial charge in [0, 0.05) is 51.4 Å². The molecule has 2 aromatic heterocycles. The molecule has 11 heteroatoms. The molecule has 2 aliphatic rings. The number of hydrogen-bond donors (Lipinski definition) is 4. The fraction of sp³-hybridized carbons (Fsp3) is 0.593. The lowest BCUT2D eigenvalue weighted by Crippen LogP contribution is -2.46. The number of aryl methyl sites for hydroxylation is 1. The van der Waals surface area contributed by atoms with Crippen LogP contribution in [0, 0.1) is 12.8 Å². The number of fused-ring (bicyclic) bond motifs is 1. The number of aliphatic hydroxyl groups is 2. The molecule has 0 radical (unpaired) electrons. The lowest BCUT2D eigenvalue weighted by molar-refractivity contribution is 0.108. The Kier molecular flexibility index (Phi) is 8.27. The highest BCUT2D eigenvalue weighted by Crippen LogP contribution is 2.34. The molecule has 206 valence electrons. The van der Waals surface area contributed by atoms with E-state index >= 15 is 0 Å². The van der Waals surface area contributed by atoms with Gasteiger partial charge in [0.15, 0.2) is 5.82 Å². The summed E-state index contributed by atoms with van der Waals surface area (Å²) in [5.74, 6) is 2.09. The molecule has 38 heavy (non-hydrogen) atoms. The highest BCUT2D eigenvalue weighted by atomic mass is 16.5. The zero-order valence-electron chi connectivity index (χ0n) is 22.4. The number of anilines is 2. The van der Waals surface area contributed by atoms with Crippen molar-refractivity contribution in [2.75, 3.05) is 64.0 Å². The van der Waals surface area contributed by atoms with E-state index in [4.69, 9.17) is 15.6 Å². The normalized spacial score (nSPS) is 17.7. The number of methoxy groups -OCH3 is 1. The summed E-state index contributed by atoms with van der Waals surface area (Å²) in [6.07, 6.45) is 2.60. The molecule has 1 saturated heterocycles. The van der Waals surface area contributed by atoms with Crippen LogP contribution in [0.5, 0.6) is 5.75 Å². The summed E-state index contributed by atoms with van der Waals surface area (Å²) >= 11 is 0. The average Bonchev–Trinajstić information content (AvgIpc) is 3.71. The number of nitrogens with two attached hydrogens (primary N) is 1. The highest BCUT2D eigenvalue weighted by molar-refractivity contribution is 5.88. The van der Waals surface area contributed by atoms with E-state index in [-0.39, 0.29) is 18.7 Å². The monoisotopic (exact) mass is 524 g/mol. The summed E-state index contributed by atoms with van der Waals surface area (Å²) < 4.78 is 7.70. The molecule has 2 fully saturated rings. The van der Waals surface area contributed by atoms with Crippen LogP contribution in [0.4, 0.5) is 11.8 Å². The molecular weight excluding hydrogens is 484 g/mol. The summed E-state index contributed by atoms with van der Waals surface area (Å²) in [6.45, 7) is 8.76. The minimum atomic E-state index is -0.281. The van der Waals surface area contributed by atoms with E-state index in [9.17, 15) is 10.2 Å². The minimum absolute atomic E-state index is 0.199. The Labute approximate surface area is 223 Å². The third-order valence-corrected chi connectivity index (χ3v) is 7.63. The number of benzene rings is 1. The van der Waals surface area contributed by atoms with Gasteiger partial charge in [-0.15, -0.1) is 0 Å². The molecule has 11 nitrogen and oxygen atoms in total. The van der Waals surface area contributed by atoms with Crippen LogP contribution in [0.2, 0.25) is 0 Å². The minimum Gasteiger partial charge on any atom is -0.496 e. The number of ether oxygens (including phenoxy) is 1. The number of piperazine rings is 1. The first-order valence-electron chi connectivity index (χ1n) is 13.6. The molecule has 1 atom stereocenters. The standard InChI is InChI=1S/C27H40N8O3/c1-18-24-25(26(31-27(28)30-24)29-8-7-22(37)20-5-6-20)35(32-18)17-21-4-3-19(15-23(21)38-2)16-34-11-9-33(10-12-34)13-14-36/h3-4,15,20,22,36-37H,5-14,16-17H2,1-2H3,(H3,28,29,30,31)/t22-/m0/s1. The van der Waals surface area contributed by atoms with Crippen molar-refractivity contribution in [3.63, 3.8) is 0 Å². The predicted molar refractivity (Wildman–Crippen MR) is 147 cm³/mol. The first-order valence-corrected chi connectivity index (χ1v) is 13.6. The van der Waals surface area contributed by atoms with E-state index in [0.717, 1.165) is 80.2 Å². The highest BCUT2D eigenvalue weighted by Gasteiger charge is 2.29. The van der Waals surface area contributed by atoms with Gasteiger partial charge >= 0.3 is 0 Å². The number of hydrogen-bond acceptors (Lipinski definition) is 10. The van der Waals surface area contributed by atoms with Gasteiger partial charge in [-0.1, -0.05) is 12.1 Å². The lowest BCUT2D eigenvalue weighted by Gasteiger charge is -2.34. The van der Waals surface area contributed by atoms with Crippen molar-refractivity contribution >= 4 is 22.8 Å². The largest absolute Gasteiger partial charge is 0.496 e. The van der Waals surface area contributed by atoms with Gasteiger partial charge in [-0.25, -0.2) is 4.98 Å². The zero-order chi connectivity index (χ0) is 26.6. The summed E-state index contributed by atoms with van der Waals surface area (Å²) in [5.41, 5.74) is 10.5. The average molecular weight is 525 g/mol. The topological polar surface area (TPSA) is 138 Å². The smallest absolute Gasteiger partial charge is 0.222 e. The molecule has 1 aliphatic heterocycles. The summed E-state index contributed by atoms with van der Waals surface area (Å²) in [5, 5.41) is 27.6. The van der Waals surface area contributed by atoms with Crippen molar-refractivity contribution in [1.82, 2.24) is 29.5 Å². The van der Waals surface area contributed by atoms with Gasteiger partial charge in [-0.2, -0.15) is 10.1 Å². The third kappa shape index (κ3) is 6.17. The Morgan fingerprint density at radius 1 is 1.13 bits per heavy atom. The van der Waals surface area contributed by atoms with E-state index in [1.807, 2.05) is 11.6 Å². The Hall–Kier alpha value is -2.99. The van der Waals surface area contributed by atoms with Crippen LogP contribution in [0.15, 0.2) is 18.2 Å². The zero-order valence-corrected chi connectivity index (χ0v) is 22.4. The van der Waals surface area contributed by atoms with Crippen LogP contribution in [-0.4, -0.2) is 98.9 Å². The van der Waals surface area contributed by atoms with Gasteiger partial charge in [0.2, 0.25) is 5.95 Å². The maximum absolute atomic E-state index is 10.3. The first kappa shape index (κ1) is 26.6. The number of nitrogen functional groups attached to an aromatic ring is 1. The van der Waals surface area contributed by atoms with Gasteiger partial charge in [0.05, 0.1) is 32.1 Å². The summed E-state index contributed by atoms with van der Waals surface area (Å²) in [7, 11) is 1.70. The number of β-amino-alcohol motifs (C(OH)–C–C–N with tert-alkyl or cyclic N) is 1. The maximum atomic E-state index is 10.3. The molecule has 0 spiro atoms. The molecule has 0 bridgehead atoms. The van der Waals surface area contributed by atoms with E-state index in [1.54, 1.807) is 7.11 Å². The molecule has 0 amide bonds. The molecule has 0 unspecified atom stereocenters. The number of nitrogens with one attached hydrogen (secondary N) is 1. The van der Waals surface area contributed by atoms with Crippen molar-refractivity contribution < 1.29 is 14.9 Å². The van der Waals surface area contributed by atoms with Crippen LogP contribution in [0.25, 0.3) is 11.0 Å². The maximum Gasteiger partial charge on any atom is 0.222 e. The van der Waals surface area contributed by atoms with Gasteiger partial charge in [-0.05, 0) is 43.7 Å². The second-order valence-electron chi connectivity index (χ2n) is 10.5. The van der Waals surface area contributed by atoms with Crippen molar-refractivity contribution in [3.8, 4) is 5.75 Å². The van der Waals surface area contributed by atoms with E-state index in [1.165, 1.54) is 5.56 Å². The molecule has 1 saturated carbocycles. The predicted octanol–water partition coefficient (Wildman–Crippen LogP) is 1.46. The van der Waals surface area contributed by atoms with E-state index in [2.05, 4.69) is 43.3 Å². The van der Waals surface area contributed by atoms with Gasteiger partial charge < -0.3 is 26.0 Å². The van der Waals surface area contributed by atoms with Crippen LogP contribution < -0.4 is 15.8 Å². The Bertz CT molecular complexity index is 1240.